The normalized spacial score (nSPS) is 17.4. The maximum absolute atomic E-state index is 11.4. The Morgan fingerprint density at radius 1 is 1.20 bits per heavy atom. The van der Waals surface area contributed by atoms with Gasteiger partial charge in [-0.2, -0.15) is 0 Å². The Labute approximate surface area is 87.3 Å². The number of Topliss-reactive ketones (excluding diaryl/α,β-unsaturated/α-hetero) is 1. The van der Waals surface area contributed by atoms with Crippen LogP contribution in [0.15, 0.2) is 17.9 Å². The van der Waals surface area contributed by atoms with Crippen LogP contribution in [0.2, 0.25) is 0 Å². The zero-order valence-corrected chi connectivity index (χ0v) is 8.37. The van der Waals surface area contributed by atoms with Crippen molar-refractivity contribution in [2.24, 2.45) is 0 Å². The summed E-state index contributed by atoms with van der Waals surface area (Å²) in [5.74, 6) is 1.66. The van der Waals surface area contributed by atoms with Gasteiger partial charge < -0.3 is 9.47 Å². The molecule has 0 bridgehead atoms. The molecule has 0 saturated heterocycles. The maximum atomic E-state index is 11.4. The lowest BCUT2D eigenvalue weighted by Gasteiger charge is -2.17. The van der Waals surface area contributed by atoms with Crippen LogP contribution in [0.5, 0.6) is 5.75 Å². The van der Waals surface area contributed by atoms with Gasteiger partial charge in [0.25, 0.3) is 0 Å². The van der Waals surface area contributed by atoms with Crippen LogP contribution in [0.3, 0.4) is 0 Å². The van der Waals surface area contributed by atoms with Crippen molar-refractivity contribution in [2.75, 3.05) is 6.61 Å². The fraction of sp³-hybridized carbons (Fsp3) is 0.250. The molecule has 0 aliphatic carbocycles. The fourth-order valence-corrected chi connectivity index (χ4v) is 1.97. The summed E-state index contributed by atoms with van der Waals surface area (Å²) in [4.78, 5) is 11.4. The number of fused-ring (bicyclic) bond motifs is 3. The molecule has 3 heteroatoms. The topological polar surface area (TPSA) is 35.5 Å². The van der Waals surface area contributed by atoms with Crippen molar-refractivity contribution in [3.05, 3.63) is 34.6 Å². The molecule has 2 aliphatic heterocycles. The van der Waals surface area contributed by atoms with Crippen LogP contribution in [-0.4, -0.2) is 12.4 Å². The summed E-state index contributed by atoms with van der Waals surface area (Å²) in [6.07, 6.45) is 1.96. The number of carbonyl (C=O) groups is 1. The predicted molar refractivity (Wildman–Crippen MR) is 54.7 cm³/mol. The van der Waals surface area contributed by atoms with E-state index in [0.717, 1.165) is 16.9 Å². The van der Waals surface area contributed by atoms with E-state index >= 15 is 0 Å². The van der Waals surface area contributed by atoms with Crippen LogP contribution < -0.4 is 4.74 Å². The second-order valence-corrected chi connectivity index (χ2v) is 3.77. The van der Waals surface area contributed by atoms with Crippen LogP contribution >= 0.6 is 0 Å². The summed E-state index contributed by atoms with van der Waals surface area (Å²) >= 11 is 0. The molecule has 0 amide bonds. The molecule has 1 aromatic rings. The average Bonchev–Trinajstić information content (AvgIpc) is 2.60. The zero-order chi connectivity index (χ0) is 10.4. The van der Waals surface area contributed by atoms with Crippen LogP contribution in [0.4, 0.5) is 0 Å². The third kappa shape index (κ3) is 1.16. The van der Waals surface area contributed by atoms with Crippen LogP contribution in [0, 0.1) is 0 Å². The molecular weight excluding hydrogens is 192 g/mol. The second kappa shape index (κ2) is 2.86. The Kier molecular flexibility index (Phi) is 1.63. The van der Waals surface area contributed by atoms with E-state index in [1.54, 1.807) is 0 Å². The highest BCUT2D eigenvalue weighted by Gasteiger charge is 2.26. The molecule has 0 unspecified atom stereocenters. The average molecular weight is 202 g/mol. The Morgan fingerprint density at radius 2 is 2.07 bits per heavy atom. The Balaban J connectivity index is 2.22. The molecule has 0 N–H and O–H groups in total. The first-order valence-corrected chi connectivity index (χ1v) is 4.88. The van der Waals surface area contributed by atoms with Gasteiger partial charge in [0.05, 0.1) is 11.3 Å². The highest BCUT2D eigenvalue weighted by atomic mass is 16.5. The molecule has 3 rings (SSSR count). The van der Waals surface area contributed by atoms with Crippen molar-refractivity contribution in [2.45, 2.75) is 13.5 Å². The maximum Gasteiger partial charge on any atom is 0.203 e. The Bertz CT molecular complexity index is 486. The molecule has 2 aliphatic rings. The number of carbonyl (C=O) groups excluding carboxylic acids is 1. The van der Waals surface area contributed by atoms with E-state index in [1.165, 1.54) is 0 Å². The van der Waals surface area contributed by atoms with Crippen molar-refractivity contribution in [1.29, 1.82) is 0 Å². The quantitative estimate of drug-likeness (QED) is 0.646. The van der Waals surface area contributed by atoms with E-state index < -0.39 is 0 Å². The van der Waals surface area contributed by atoms with Crippen molar-refractivity contribution >= 4 is 11.9 Å². The highest BCUT2D eigenvalue weighted by molar-refractivity contribution is 6.03. The number of ether oxygens (including phenoxy) is 2. The van der Waals surface area contributed by atoms with E-state index in [2.05, 4.69) is 0 Å². The third-order valence-corrected chi connectivity index (χ3v) is 2.75. The van der Waals surface area contributed by atoms with E-state index in [-0.39, 0.29) is 12.4 Å². The minimum Gasteiger partial charge on any atom is -0.493 e. The van der Waals surface area contributed by atoms with Crippen molar-refractivity contribution in [1.82, 2.24) is 0 Å². The van der Waals surface area contributed by atoms with Gasteiger partial charge in [-0.25, -0.2) is 0 Å². The van der Waals surface area contributed by atoms with Gasteiger partial charge in [-0.15, -0.1) is 0 Å². The van der Waals surface area contributed by atoms with E-state index in [0.29, 0.717) is 17.9 Å². The SMILES string of the molecule is CC1=Cc2ccc3c(c2CO1)OCC3=O. The lowest BCUT2D eigenvalue weighted by atomic mass is 10.00. The summed E-state index contributed by atoms with van der Waals surface area (Å²) in [7, 11) is 0. The van der Waals surface area contributed by atoms with Crippen molar-refractivity contribution in [3.63, 3.8) is 0 Å². The molecule has 0 spiro atoms. The standard InChI is InChI=1S/C12H10O3/c1-7-4-8-2-3-9-11(13)6-15-12(9)10(8)5-14-7/h2-4H,5-6H2,1H3. The Morgan fingerprint density at radius 3 is 2.93 bits per heavy atom. The van der Waals surface area contributed by atoms with Crippen molar-refractivity contribution < 1.29 is 14.3 Å². The lowest BCUT2D eigenvalue weighted by molar-refractivity contribution is 0.0960. The molecular formula is C12H10O3. The van der Waals surface area contributed by atoms with Crippen LogP contribution in [0.1, 0.15) is 28.4 Å². The molecule has 1 aromatic carbocycles. The molecule has 0 saturated carbocycles. The number of allylic oxidation sites excluding steroid dienone is 1. The van der Waals surface area contributed by atoms with Crippen LogP contribution in [0.25, 0.3) is 6.08 Å². The fourth-order valence-electron chi connectivity index (χ4n) is 1.97. The van der Waals surface area contributed by atoms with Gasteiger partial charge in [0.2, 0.25) is 5.78 Å². The van der Waals surface area contributed by atoms with Gasteiger partial charge in [0.15, 0.2) is 6.61 Å². The zero-order valence-electron chi connectivity index (χ0n) is 8.37. The molecule has 0 fully saturated rings. The molecule has 2 heterocycles. The first-order chi connectivity index (χ1) is 7.25. The monoisotopic (exact) mass is 202 g/mol. The molecule has 0 radical (unpaired) electrons. The summed E-state index contributed by atoms with van der Waals surface area (Å²) in [6.45, 7) is 2.57. The first-order valence-electron chi connectivity index (χ1n) is 4.88. The molecule has 0 atom stereocenters. The highest BCUT2D eigenvalue weighted by Crippen LogP contribution is 2.35. The Hall–Kier alpha value is -1.77. The number of hydrogen-bond donors (Lipinski definition) is 0. The van der Waals surface area contributed by atoms with Gasteiger partial charge in [0.1, 0.15) is 12.4 Å². The van der Waals surface area contributed by atoms with Gasteiger partial charge in [-0.05, 0) is 24.6 Å². The molecule has 3 nitrogen and oxygen atoms in total. The lowest BCUT2D eigenvalue weighted by Crippen LogP contribution is -2.02. The van der Waals surface area contributed by atoms with Gasteiger partial charge in [-0.3, -0.25) is 4.79 Å². The predicted octanol–water partition coefficient (Wildman–Crippen LogP) is 2.15. The van der Waals surface area contributed by atoms with E-state index in [9.17, 15) is 4.79 Å². The number of rotatable bonds is 0. The first kappa shape index (κ1) is 8.53. The minimum absolute atomic E-state index is 0.0547. The minimum atomic E-state index is 0.0547. The number of benzene rings is 1. The van der Waals surface area contributed by atoms with Crippen molar-refractivity contribution in [3.8, 4) is 5.75 Å². The molecule has 15 heavy (non-hydrogen) atoms. The number of ketones is 1. The van der Waals surface area contributed by atoms with Gasteiger partial charge >= 0.3 is 0 Å². The van der Waals surface area contributed by atoms with Crippen LogP contribution in [-0.2, 0) is 11.3 Å². The smallest absolute Gasteiger partial charge is 0.203 e. The summed E-state index contributed by atoms with van der Waals surface area (Å²) in [5.41, 5.74) is 2.77. The van der Waals surface area contributed by atoms with E-state index in [4.69, 9.17) is 9.47 Å². The second-order valence-electron chi connectivity index (χ2n) is 3.77. The largest absolute Gasteiger partial charge is 0.493 e. The number of hydrogen-bond acceptors (Lipinski definition) is 3. The third-order valence-electron chi connectivity index (χ3n) is 2.75. The van der Waals surface area contributed by atoms with Gasteiger partial charge in [-0.1, -0.05) is 6.07 Å². The van der Waals surface area contributed by atoms with E-state index in [1.807, 2.05) is 25.1 Å². The molecule has 76 valence electrons. The summed E-state index contributed by atoms with van der Waals surface area (Å²) in [5, 5.41) is 0. The van der Waals surface area contributed by atoms with Gasteiger partial charge in [0, 0.05) is 5.56 Å². The summed E-state index contributed by atoms with van der Waals surface area (Å²) in [6, 6.07) is 3.78. The summed E-state index contributed by atoms with van der Waals surface area (Å²) < 4.78 is 10.8. The molecule has 0 aromatic heterocycles.